The first kappa shape index (κ1) is 13.2. The van der Waals surface area contributed by atoms with Gasteiger partial charge in [0.1, 0.15) is 17.1 Å². The third-order valence-electron chi connectivity index (χ3n) is 2.42. The van der Waals surface area contributed by atoms with E-state index in [-0.39, 0.29) is 28.8 Å². The number of carbonyl (C=O) groups excluding carboxylic acids is 1. The fourth-order valence-electron chi connectivity index (χ4n) is 1.53. The highest BCUT2D eigenvalue weighted by Gasteiger charge is 2.15. The highest BCUT2D eigenvalue weighted by Crippen LogP contribution is 2.15. The van der Waals surface area contributed by atoms with E-state index in [1.807, 2.05) is 0 Å². The molecule has 0 saturated carbocycles. The molecule has 19 heavy (non-hydrogen) atoms. The van der Waals surface area contributed by atoms with E-state index in [1.165, 1.54) is 18.2 Å². The molecule has 2 heterocycles. The summed E-state index contributed by atoms with van der Waals surface area (Å²) < 4.78 is 10.1. The topological polar surface area (TPSA) is 92.7 Å². The summed E-state index contributed by atoms with van der Waals surface area (Å²) in [4.78, 5) is 22.5. The molecule has 2 aromatic rings. The Kier molecular flexibility index (Phi) is 3.62. The monoisotopic (exact) mass is 283 g/mol. The molecule has 0 fully saturated rings. The molecule has 0 unspecified atom stereocenters. The van der Waals surface area contributed by atoms with Crippen LogP contribution >= 0.6 is 11.6 Å². The van der Waals surface area contributed by atoms with Crippen LogP contribution in [0.4, 0.5) is 0 Å². The van der Waals surface area contributed by atoms with E-state index in [0.717, 1.165) is 0 Å². The van der Waals surface area contributed by atoms with Crippen molar-refractivity contribution in [1.29, 1.82) is 0 Å². The molecule has 2 aromatic heterocycles. The van der Waals surface area contributed by atoms with Crippen molar-refractivity contribution in [3.05, 3.63) is 46.3 Å². The van der Waals surface area contributed by atoms with E-state index < -0.39 is 11.9 Å². The van der Waals surface area contributed by atoms with Crippen LogP contribution in [-0.4, -0.2) is 17.0 Å². The lowest BCUT2D eigenvalue weighted by Crippen LogP contribution is -2.21. The van der Waals surface area contributed by atoms with E-state index in [2.05, 4.69) is 5.32 Å². The Morgan fingerprint density at radius 1 is 1.37 bits per heavy atom. The molecule has 0 radical (unpaired) electrons. The van der Waals surface area contributed by atoms with Gasteiger partial charge in [0.15, 0.2) is 11.0 Å². The first-order valence-corrected chi connectivity index (χ1v) is 5.71. The zero-order valence-corrected chi connectivity index (χ0v) is 10.7. The van der Waals surface area contributed by atoms with E-state index >= 15 is 0 Å². The maximum absolute atomic E-state index is 11.6. The smallest absolute Gasteiger partial charge is 0.339 e. The summed E-state index contributed by atoms with van der Waals surface area (Å²) in [5.74, 6) is -0.820. The second kappa shape index (κ2) is 5.19. The summed E-state index contributed by atoms with van der Waals surface area (Å²) in [5.41, 5.74) is 0.0743. The lowest BCUT2D eigenvalue weighted by Gasteiger charge is -1.99. The zero-order chi connectivity index (χ0) is 14.0. The molecule has 2 N–H and O–H groups in total. The molecule has 0 aliphatic heterocycles. The van der Waals surface area contributed by atoms with Gasteiger partial charge < -0.3 is 19.3 Å². The van der Waals surface area contributed by atoms with Crippen LogP contribution in [0.2, 0.25) is 5.22 Å². The van der Waals surface area contributed by atoms with Gasteiger partial charge in [0.05, 0.1) is 6.54 Å². The van der Waals surface area contributed by atoms with Gasteiger partial charge in [-0.3, -0.25) is 4.79 Å². The van der Waals surface area contributed by atoms with Gasteiger partial charge in [0.25, 0.3) is 5.91 Å². The maximum Gasteiger partial charge on any atom is 0.339 e. The number of halogens is 1. The van der Waals surface area contributed by atoms with Gasteiger partial charge in [-0.2, -0.15) is 0 Å². The van der Waals surface area contributed by atoms with Gasteiger partial charge in [0, 0.05) is 0 Å². The first-order valence-electron chi connectivity index (χ1n) is 5.33. The quantitative estimate of drug-likeness (QED) is 0.899. The summed E-state index contributed by atoms with van der Waals surface area (Å²) in [6.45, 7) is 1.60. The summed E-state index contributed by atoms with van der Waals surface area (Å²) >= 11 is 5.55. The van der Waals surface area contributed by atoms with Crippen molar-refractivity contribution in [2.45, 2.75) is 13.5 Å². The van der Waals surface area contributed by atoms with Crippen molar-refractivity contribution in [3.63, 3.8) is 0 Å². The number of nitrogens with one attached hydrogen (secondary N) is 1. The lowest BCUT2D eigenvalue weighted by molar-refractivity contribution is 0.0694. The summed E-state index contributed by atoms with van der Waals surface area (Å²) in [6, 6.07) is 4.26. The average Bonchev–Trinajstić information content (AvgIpc) is 2.92. The number of hydrogen-bond acceptors (Lipinski definition) is 4. The highest BCUT2D eigenvalue weighted by molar-refractivity contribution is 6.29. The van der Waals surface area contributed by atoms with Crippen LogP contribution in [0.3, 0.4) is 0 Å². The molecule has 6 nitrogen and oxygen atoms in total. The minimum atomic E-state index is -1.07. The van der Waals surface area contributed by atoms with E-state index in [1.54, 1.807) is 6.92 Å². The molecule has 7 heteroatoms. The number of rotatable bonds is 4. The predicted molar refractivity (Wildman–Crippen MR) is 65.3 cm³/mol. The minimum absolute atomic E-state index is 0.0608. The maximum atomic E-state index is 11.6. The summed E-state index contributed by atoms with van der Waals surface area (Å²) in [5, 5.41) is 11.5. The number of aromatic carboxylic acids is 1. The molecule has 100 valence electrons. The van der Waals surface area contributed by atoms with Crippen LogP contribution < -0.4 is 5.32 Å². The van der Waals surface area contributed by atoms with Gasteiger partial charge in [-0.05, 0) is 36.7 Å². The predicted octanol–water partition coefficient (Wildman–Crippen LogP) is 2.46. The Hall–Kier alpha value is -2.21. The highest BCUT2D eigenvalue weighted by atomic mass is 35.5. The number of carbonyl (C=O) groups is 2. The van der Waals surface area contributed by atoms with Crippen molar-refractivity contribution in [3.8, 4) is 0 Å². The van der Waals surface area contributed by atoms with E-state index in [4.69, 9.17) is 25.5 Å². The average molecular weight is 284 g/mol. The Balaban J connectivity index is 2.01. The van der Waals surface area contributed by atoms with Gasteiger partial charge in [-0.15, -0.1) is 0 Å². The molecular formula is C12H10ClNO5. The number of carboxylic acids is 1. The van der Waals surface area contributed by atoms with Crippen molar-refractivity contribution in [2.75, 3.05) is 0 Å². The molecule has 0 aliphatic carbocycles. The molecule has 0 spiro atoms. The Morgan fingerprint density at radius 3 is 2.63 bits per heavy atom. The Labute approximate surface area is 113 Å². The summed E-state index contributed by atoms with van der Waals surface area (Å²) in [6.07, 6.45) is 0. The Morgan fingerprint density at radius 2 is 2.11 bits per heavy atom. The Bertz CT molecular complexity index is 628. The second-order valence-electron chi connectivity index (χ2n) is 3.77. The molecule has 2 rings (SSSR count). The van der Waals surface area contributed by atoms with Gasteiger partial charge in [0.2, 0.25) is 0 Å². The number of carboxylic acid groups (broad SMARTS) is 1. The van der Waals surface area contributed by atoms with Crippen LogP contribution in [0.1, 0.15) is 32.4 Å². The van der Waals surface area contributed by atoms with Crippen molar-refractivity contribution in [2.24, 2.45) is 0 Å². The van der Waals surface area contributed by atoms with Crippen LogP contribution in [0.5, 0.6) is 0 Å². The molecule has 0 saturated heterocycles. The molecule has 0 aromatic carbocycles. The van der Waals surface area contributed by atoms with Crippen LogP contribution in [-0.2, 0) is 6.54 Å². The second-order valence-corrected chi connectivity index (χ2v) is 4.15. The fourth-order valence-corrected chi connectivity index (χ4v) is 1.68. The van der Waals surface area contributed by atoms with Crippen LogP contribution in [0.15, 0.2) is 27.0 Å². The number of aryl methyl sites for hydroxylation is 1. The third-order valence-corrected chi connectivity index (χ3v) is 2.62. The van der Waals surface area contributed by atoms with Gasteiger partial charge >= 0.3 is 5.97 Å². The lowest BCUT2D eigenvalue weighted by atomic mass is 10.2. The minimum Gasteiger partial charge on any atom is -0.478 e. The summed E-state index contributed by atoms with van der Waals surface area (Å²) in [7, 11) is 0. The normalized spacial score (nSPS) is 10.4. The first-order chi connectivity index (χ1) is 8.97. The molecular weight excluding hydrogens is 274 g/mol. The number of furan rings is 2. The third kappa shape index (κ3) is 2.97. The molecule has 0 bridgehead atoms. The van der Waals surface area contributed by atoms with Crippen LogP contribution in [0, 0.1) is 6.92 Å². The van der Waals surface area contributed by atoms with Gasteiger partial charge in [-0.1, -0.05) is 0 Å². The van der Waals surface area contributed by atoms with Crippen molar-refractivity contribution in [1.82, 2.24) is 5.32 Å². The van der Waals surface area contributed by atoms with Crippen LogP contribution in [0.25, 0.3) is 0 Å². The van der Waals surface area contributed by atoms with Gasteiger partial charge in [-0.25, -0.2) is 4.79 Å². The van der Waals surface area contributed by atoms with Crippen molar-refractivity contribution < 1.29 is 23.5 Å². The zero-order valence-electron chi connectivity index (χ0n) is 9.90. The SMILES string of the molecule is Cc1oc(CNC(=O)c2ccc(Cl)o2)cc1C(=O)O. The van der Waals surface area contributed by atoms with E-state index in [9.17, 15) is 9.59 Å². The van der Waals surface area contributed by atoms with Crippen molar-refractivity contribution >= 4 is 23.5 Å². The fraction of sp³-hybridized carbons (Fsp3) is 0.167. The number of hydrogen-bond donors (Lipinski definition) is 2. The standard InChI is InChI=1S/C12H10ClNO5/c1-6-8(12(16)17)4-7(18-6)5-14-11(15)9-2-3-10(13)19-9/h2-4H,5H2,1H3,(H,14,15)(H,16,17). The molecule has 0 aliphatic rings. The largest absolute Gasteiger partial charge is 0.478 e. The molecule has 1 amide bonds. The number of amides is 1. The molecule has 0 atom stereocenters. The van der Waals surface area contributed by atoms with E-state index in [0.29, 0.717) is 5.76 Å².